The van der Waals surface area contributed by atoms with E-state index in [4.69, 9.17) is 14.9 Å². The van der Waals surface area contributed by atoms with Gasteiger partial charge in [-0.15, -0.1) is 0 Å². The van der Waals surface area contributed by atoms with Gasteiger partial charge in [0.05, 0.1) is 30.2 Å². The molecule has 1 fully saturated rings. The Bertz CT molecular complexity index is 798. The summed E-state index contributed by atoms with van der Waals surface area (Å²) in [5.41, 5.74) is 8.24. The van der Waals surface area contributed by atoms with Crippen LogP contribution in [0, 0.1) is 0 Å². The summed E-state index contributed by atoms with van der Waals surface area (Å²) in [6, 6.07) is 1.91. The Labute approximate surface area is 125 Å². The molecule has 0 bridgehead atoms. The highest BCUT2D eigenvalue weighted by Crippen LogP contribution is 2.37. The Balaban J connectivity index is 1.88. The fourth-order valence-electron chi connectivity index (χ4n) is 2.90. The fraction of sp³-hybridized carbons (Fsp3) is 0.357. The zero-order valence-electron chi connectivity index (χ0n) is 11.7. The Hall–Kier alpha value is -2.45. The number of aromatic nitrogens is 4. The number of rotatable bonds is 3. The molecule has 0 amide bonds. The van der Waals surface area contributed by atoms with E-state index in [0.29, 0.717) is 17.2 Å². The molecule has 114 valence electrons. The fourth-order valence-corrected chi connectivity index (χ4v) is 2.90. The van der Waals surface area contributed by atoms with Crippen molar-refractivity contribution in [2.45, 2.75) is 25.0 Å². The first-order valence-electron chi connectivity index (χ1n) is 7.06. The van der Waals surface area contributed by atoms with Gasteiger partial charge in [-0.3, -0.25) is 0 Å². The van der Waals surface area contributed by atoms with E-state index >= 15 is 0 Å². The summed E-state index contributed by atoms with van der Waals surface area (Å²) in [5.74, 6) is 0.813. The molecule has 0 radical (unpaired) electrons. The van der Waals surface area contributed by atoms with Crippen molar-refractivity contribution in [3.8, 4) is 11.5 Å². The van der Waals surface area contributed by atoms with Crippen molar-refractivity contribution >= 4 is 11.3 Å². The van der Waals surface area contributed by atoms with Gasteiger partial charge in [-0.2, -0.15) is 5.10 Å². The number of nitrogen functional groups attached to an aromatic ring is 1. The molecule has 4 rings (SSSR count). The zero-order chi connectivity index (χ0) is 15.1. The minimum atomic E-state index is -0.150. The van der Waals surface area contributed by atoms with Crippen LogP contribution in [0.2, 0.25) is 0 Å². The van der Waals surface area contributed by atoms with E-state index in [2.05, 4.69) is 15.1 Å². The van der Waals surface area contributed by atoms with Crippen LogP contribution in [0.15, 0.2) is 29.3 Å². The Kier molecular flexibility index (Phi) is 3.05. The van der Waals surface area contributed by atoms with Gasteiger partial charge in [0.15, 0.2) is 5.82 Å². The first-order chi connectivity index (χ1) is 10.8. The second-order valence-electron chi connectivity index (χ2n) is 5.23. The van der Waals surface area contributed by atoms with Crippen LogP contribution in [0.4, 0.5) is 5.82 Å². The molecular weight excluding hydrogens is 286 g/mol. The number of anilines is 1. The van der Waals surface area contributed by atoms with E-state index in [1.54, 1.807) is 10.7 Å². The molecular formula is C14H15N5O3. The SMILES string of the molecule is Nc1ncnn2c(C3CCC(CO)O3)cc(-c3ncco3)c12. The van der Waals surface area contributed by atoms with E-state index in [0.717, 1.165) is 24.1 Å². The number of nitrogens with two attached hydrogens (primary N) is 1. The summed E-state index contributed by atoms with van der Waals surface area (Å²) < 4.78 is 13.0. The minimum absolute atomic E-state index is 0.0174. The molecule has 0 saturated carbocycles. The van der Waals surface area contributed by atoms with Crippen molar-refractivity contribution in [2.24, 2.45) is 0 Å². The van der Waals surface area contributed by atoms with Crippen molar-refractivity contribution in [3.05, 3.63) is 30.5 Å². The van der Waals surface area contributed by atoms with E-state index in [1.807, 2.05) is 6.07 Å². The quantitative estimate of drug-likeness (QED) is 0.747. The van der Waals surface area contributed by atoms with Gasteiger partial charge >= 0.3 is 0 Å². The molecule has 3 aromatic heterocycles. The number of hydrogen-bond donors (Lipinski definition) is 2. The van der Waals surface area contributed by atoms with Gasteiger partial charge < -0.3 is 20.0 Å². The molecule has 4 heterocycles. The van der Waals surface area contributed by atoms with Gasteiger partial charge in [0, 0.05) is 0 Å². The number of aliphatic hydroxyl groups excluding tert-OH is 1. The Morgan fingerprint density at radius 2 is 2.27 bits per heavy atom. The highest BCUT2D eigenvalue weighted by Gasteiger charge is 2.30. The van der Waals surface area contributed by atoms with Crippen molar-refractivity contribution in [2.75, 3.05) is 12.3 Å². The summed E-state index contributed by atoms with van der Waals surface area (Å²) in [7, 11) is 0. The average Bonchev–Trinajstić information content (AvgIpc) is 3.26. The third kappa shape index (κ3) is 1.96. The summed E-state index contributed by atoms with van der Waals surface area (Å²) in [6.45, 7) is 0.0174. The third-order valence-electron chi connectivity index (χ3n) is 3.91. The number of oxazole rings is 1. The molecule has 1 saturated heterocycles. The van der Waals surface area contributed by atoms with E-state index < -0.39 is 0 Å². The second-order valence-corrected chi connectivity index (χ2v) is 5.23. The first-order valence-corrected chi connectivity index (χ1v) is 7.06. The first kappa shape index (κ1) is 13.2. The van der Waals surface area contributed by atoms with E-state index in [1.165, 1.54) is 12.6 Å². The van der Waals surface area contributed by atoms with Crippen LogP contribution in [-0.2, 0) is 4.74 Å². The molecule has 22 heavy (non-hydrogen) atoms. The monoisotopic (exact) mass is 301 g/mol. The van der Waals surface area contributed by atoms with E-state index in [-0.39, 0.29) is 18.8 Å². The maximum absolute atomic E-state index is 9.24. The topological polar surface area (TPSA) is 112 Å². The van der Waals surface area contributed by atoms with Crippen LogP contribution in [0.1, 0.15) is 24.6 Å². The van der Waals surface area contributed by atoms with Crippen molar-refractivity contribution in [1.29, 1.82) is 0 Å². The second kappa shape index (κ2) is 5.08. The van der Waals surface area contributed by atoms with Crippen LogP contribution in [0.3, 0.4) is 0 Å². The average molecular weight is 301 g/mol. The lowest BCUT2D eigenvalue weighted by Crippen LogP contribution is -2.12. The standard InChI is InChI=1S/C14H15N5O3/c15-13-12-9(14-16-3-4-21-14)5-10(19(12)18-7-17-13)11-2-1-8(6-20)22-11/h3-5,7-8,11,20H,1-2,6H2,(H2,15,17,18). The number of fused-ring (bicyclic) bond motifs is 1. The van der Waals surface area contributed by atoms with Crippen LogP contribution >= 0.6 is 0 Å². The molecule has 0 aromatic carbocycles. The van der Waals surface area contributed by atoms with Crippen molar-refractivity contribution < 1.29 is 14.3 Å². The Morgan fingerprint density at radius 3 is 3.00 bits per heavy atom. The molecule has 2 unspecified atom stereocenters. The summed E-state index contributed by atoms with van der Waals surface area (Å²) >= 11 is 0. The van der Waals surface area contributed by atoms with Crippen molar-refractivity contribution in [1.82, 2.24) is 19.6 Å². The summed E-state index contributed by atoms with van der Waals surface area (Å²) in [4.78, 5) is 8.22. The lowest BCUT2D eigenvalue weighted by molar-refractivity contribution is 0.00856. The van der Waals surface area contributed by atoms with Gasteiger partial charge in [0.1, 0.15) is 24.2 Å². The van der Waals surface area contributed by atoms with Crippen molar-refractivity contribution in [3.63, 3.8) is 0 Å². The molecule has 3 aromatic rings. The zero-order valence-corrected chi connectivity index (χ0v) is 11.7. The van der Waals surface area contributed by atoms with Crippen LogP contribution in [0.25, 0.3) is 17.0 Å². The summed E-state index contributed by atoms with van der Waals surface area (Å²) in [6.07, 6.45) is 5.82. The third-order valence-corrected chi connectivity index (χ3v) is 3.91. The predicted octanol–water partition coefficient (Wildman–Crippen LogP) is 1.18. The number of nitrogens with zero attached hydrogens (tertiary/aromatic N) is 4. The minimum Gasteiger partial charge on any atom is -0.444 e. The normalized spacial score (nSPS) is 21.7. The predicted molar refractivity (Wildman–Crippen MR) is 76.8 cm³/mol. The van der Waals surface area contributed by atoms with E-state index in [9.17, 15) is 5.11 Å². The smallest absolute Gasteiger partial charge is 0.228 e. The summed E-state index contributed by atoms with van der Waals surface area (Å²) in [5, 5.41) is 13.5. The molecule has 1 aliphatic rings. The molecule has 8 nitrogen and oxygen atoms in total. The molecule has 8 heteroatoms. The van der Waals surface area contributed by atoms with Gasteiger partial charge in [-0.25, -0.2) is 14.5 Å². The van der Waals surface area contributed by atoms with Crippen LogP contribution in [-0.4, -0.2) is 37.4 Å². The van der Waals surface area contributed by atoms with Gasteiger partial charge in [0.2, 0.25) is 5.89 Å². The highest BCUT2D eigenvalue weighted by atomic mass is 16.5. The van der Waals surface area contributed by atoms with Gasteiger partial charge in [0.25, 0.3) is 0 Å². The lowest BCUT2D eigenvalue weighted by atomic mass is 10.1. The molecule has 2 atom stereocenters. The van der Waals surface area contributed by atoms with Crippen LogP contribution < -0.4 is 5.73 Å². The largest absolute Gasteiger partial charge is 0.444 e. The molecule has 0 aliphatic carbocycles. The van der Waals surface area contributed by atoms with Gasteiger partial charge in [-0.1, -0.05) is 0 Å². The van der Waals surface area contributed by atoms with Gasteiger partial charge in [-0.05, 0) is 18.9 Å². The maximum Gasteiger partial charge on any atom is 0.228 e. The molecule has 0 spiro atoms. The number of aliphatic hydroxyl groups is 1. The molecule has 3 N–H and O–H groups in total. The Morgan fingerprint density at radius 1 is 1.36 bits per heavy atom. The molecule has 1 aliphatic heterocycles. The highest BCUT2D eigenvalue weighted by molar-refractivity contribution is 5.85. The maximum atomic E-state index is 9.24. The number of hydrogen-bond acceptors (Lipinski definition) is 7. The number of ether oxygens (including phenoxy) is 1. The van der Waals surface area contributed by atoms with Crippen LogP contribution in [0.5, 0.6) is 0 Å². The lowest BCUT2D eigenvalue weighted by Gasteiger charge is -2.11.